The van der Waals surface area contributed by atoms with E-state index in [1.54, 1.807) is 79.7 Å². The molecular weight excluding hydrogens is 530 g/mol. The van der Waals surface area contributed by atoms with Gasteiger partial charge in [-0.3, -0.25) is 15.6 Å². The maximum Gasteiger partial charge on any atom is 0.464 e. The van der Waals surface area contributed by atoms with Gasteiger partial charge in [0.15, 0.2) is 0 Å². The van der Waals surface area contributed by atoms with Crippen LogP contribution >= 0.6 is 0 Å². The van der Waals surface area contributed by atoms with Gasteiger partial charge in [0.2, 0.25) is 0 Å². The third kappa shape index (κ3) is 9.89. The van der Waals surface area contributed by atoms with Crippen LogP contribution in [0.15, 0.2) is 36.4 Å². The number of hydroxylamine groups is 1. The molecule has 3 amide bonds. The summed E-state index contributed by atoms with van der Waals surface area (Å²) in [6, 6.07) is 9.74. The molecule has 3 rings (SSSR count). The van der Waals surface area contributed by atoms with Crippen molar-refractivity contribution in [2.75, 3.05) is 10.9 Å². The highest BCUT2D eigenvalue weighted by Crippen LogP contribution is 2.23. The molecule has 12 heteroatoms. The number of hydrogen-bond donors (Lipinski definition) is 4. The van der Waals surface area contributed by atoms with Gasteiger partial charge in [-0.15, -0.1) is 0 Å². The molecule has 0 spiro atoms. The van der Waals surface area contributed by atoms with E-state index in [1.807, 2.05) is 0 Å². The molecular formula is C29H39N5O7. The molecule has 0 bridgehead atoms. The second-order valence-electron chi connectivity index (χ2n) is 11.8. The van der Waals surface area contributed by atoms with Crippen LogP contribution in [0.25, 0.3) is 0 Å². The van der Waals surface area contributed by atoms with Crippen LogP contribution in [-0.4, -0.2) is 46.5 Å². The van der Waals surface area contributed by atoms with Gasteiger partial charge >= 0.3 is 18.2 Å². The van der Waals surface area contributed by atoms with Crippen LogP contribution in [0.3, 0.4) is 0 Å². The smallest absolute Gasteiger partial charge is 0.443 e. The van der Waals surface area contributed by atoms with Crippen LogP contribution in [0.2, 0.25) is 0 Å². The second kappa shape index (κ2) is 12.4. The van der Waals surface area contributed by atoms with E-state index in [0.29, 0.717) is 27.7 Å². The van der Waals surface area contributed by atoms with Crippen molar-refractivity contribution in [1.82, 2.24) is 15.9 Å². The molecule has 12 nitrogen and oxygen atoms in total. The predicted molar refractivity (Wildman–Crippen MR) is 153 cm³/mol. The van der Waals surface area contributed by atoms with Gasteiger partial charge in [-0.25, -0.2) is 19.8 Å². The van der Waals surface area contributed by atoms with Crippen LogP contribution in [0, 0.1) is 13.8 Å². The van der Waals surface area contributed by atoms with E-state index in [1.165, 1.54) is 12.1 Å². The zero-order valence-electron chi connectivity index (χ0n) is 24.8. The Morgan fingerprint density at radius 3 is 1.95 bits per heavy atom. The summed E-state index contributed by atoms with van der Waals surface area (Å²) < 4.78 is 10.6. The monoisotopic (exact) mass is 569 g/mol. The quantitative estimate of drug-likeness (QED) is 0.323. The van der Waals surface area contributed by atoms with E-state index in [2.05, 4.69) is 21.6 Å². The first-order valence-electron chi connectivity index (χ1n) is 13.3. The van der Waals surface area contributed by atoms with Gasteiger partial charge in [0.1, 0.15) is 11.2 Å². The van der Waals surface area contributed by atoms with Crippen LogP contribution < -0.4 is 21.6 Å². The van der Waals surface area contributed by atoms with Crippen LogP contribution in [0.1, 0.15) is 86.2 Å². The van der Waals surface area contributed by atoms with E-state index in [4.69, 9.17) is 14.3 Å². The molecule has 0 saturated heterocycles. The van der Waals surface area contributed by atoms with Crippen molar-refractivity contribution in [2.45, 2.75) is 85.5 Å². The first-order chi connectivity index (χ1) is 19.0. The number of hydrazine groups is 2. The molecule has 1 aliphatic carbocycles. The first kappa shape index (κ1) is 31.1. The summed E-state index contributed by atoms with van der Waals surface area (Å²) in [6.45, 7) is 13.8. The number of benzene rings is 2. The van der Waals surface area contributed by atoms with Crippen molar-refractivity contribution in [3.8, 4) is 0 Å². The standard InChI is InChI=1S/C29H39N5O7/c1-17-10-12-20(16-22(17)31-32-26(37)39-28(3,4)5)25(36)41-34(27(38)40-29(6,7)8)33-23-15-19(11-9-18(23)2)24(35)30-21-13-14-21/h9-12,15-16,21,31,33H,13-14H2,1-8H3,(H,30,35)(H,32,37). The van der Waals surface area contributed by atoms with Crippen molar-refractivity contribution >= 4 is 35.4 Å². The average molecular weight is 570 g/mol. The normalized spacial score (nSPS) is 13.0. The van der Waals surface area contributed by atoms with Gasteiger partial charge in [-0.05, 0) is 109 Å². The Morgan fingerprint density at radius 2 is 1.37 bits per heavy atom. The van der Waals surface area contributed by atoms with E-state index in [0.717, 1.165) is 18.4 Å². The van der Waals surface area contributed by atoms with Crippen molar-refractivity contribution in [3.05, 3.63) is 58.7 Å². The van der Waals surface area contributed by atoms with E-state index in [9.17, 15) is 19.2 Å². The first-order valence-corrected chi connectivity index (χ1v) is 13.3. The lowest BCUT2D eigenvalue weighted by Crippen LogP contribution is -2.42. The fourth-order valence-electron chi connectivity index (χ4n) is 3.34. The summed E-state index contributed by atoms with van der Waals surface area (Å²) in [5, 5.41) is 3.51. The third-order valence-electron chi connectivity index (χ3n) is 5.54. The maximum absolute atomic E-state index is 13.2. The van der Waals surface area contributed by atoms with Crippen LogP contribution in [-0.2, 0) is 14.3 Å². The zero-order chi connectivity index (χ0) is 30.5. The van der Waals surface area contributed by atoms with Gasteiger partial charge in [-0.1, -0.05) is 12.1 Å². The molecule has 0 atom stereocenters. The summed E-state index contributed by atoms with van der Waals surface area (Å²) in [7, 11) is 0. The number of aryl methyl sites for hydroxylation is 2. The lowest BCUT2D eigenvalue weighted by atomic mass is 10.1. The number of anilines is 2. The van der Waals surface area contributed by atoms with Gasteiger partial charge < -0.3 is 19.6 Å². The molecule has 41 heavy (non-hydrogen) atoms. The molecule has 1 saturated carbocycles. The van der Waals surface area contributed by atoms with Gasteiger partial charge in [0, 0.05) is 11.6 Å². The van der Waals surface area contributed by atoms with E-state index >= 15 is 0 Å². The number of hydrogen-bond acceptors (Lipinski definition) is 9. The molecule has 0 radical (unpaired) electrons. The van der Waals surface area contributed by atoms with Crippen LogP contribution in [0.5, 0.6) is 0 Å². The highest BCUT2D eigenvalue weighted by Gasteiger charge is 2.28. The number of amides is 3. The molecule has 1 fully saturated rings. The SMILES string of the molecule is Cc1ccc(C(=O)ON(Nc2cc(C(=O)NC3CC3)ccc2C)C(=O)OC(C)(C)C)cc1NNC(=O)OC(C)(C)C. The number of rotatable bonds is 7. The number of carbonyl (C=O) groups is 4. The lowest BCUT2D eigenvalue weighted by molar-refractivity contribution is -0.0937. The minimum atomic E-state index is -0.977. The Balaban J connectivity index is 1.80. The molecule has 0 aromatic heterocycles. The molecule has 1 aliphatic rings. The summed E-state index contributed by atoms with van der Waals surface area (Å²) in [6.07, 6.45) is 0.209. The fourth-order valence-corrected chi connectivity index (χ4v) is 3.34. The number of nitrogens with zero attached hydrogens (tertiary/aromatic N) is 1. The predicted octanol–water partition coefficient (Wildman–Crippen LogP) is 5.38. The fraction of sp³-hybridized carbons (Fsp3) is 0.448. The zero-order valence-corrected chi connectivity index (χ0v) is 24.8. The summed E-state index contributed by atoms with van der Waals surface area (Å²) in [5.74, 6) is -1.12. The third-order valence-corrected chi connectivity index (χ3v) is 5.54. The molecule has 0 unspecified atom stereocenters. The highest BCUT2D eigenvalue weighted by molar-refractivity contribution is 5.96. The molecule has 2 aromatic rings. The van der Waals surface area contributed by atoms with Gasteiger partial charge in [0.05, 0.1) is 16.9 Å². The van der Waals surface area contributed by atoms with E-state index < -0.39 is 29.4 Å². The maximum atomic E-state index is 13.2. The summed E-state index contributed by atoms with van der Waals surface area (Å²) in [5.41, 5.74) is 8.98. The van der Waals surface area contributed by atoms with Gasteiger partial charge in [0.25, 0.3) is 5.91 Å². The molecule has 0 heterocycles. The largest absolute Gasteiger partial charge is 0.464 e. The topological polar surface area (TPSA) is 147 Å². The van der Waals surface area contributed by atoms with Crippen molar-refractivity contribution in [1.29, 1.82) is 0 Å². The number of carbonyl (C=O) groups excluding carboxylic acids is 4. The molecule has 222 valence electrons. The Kier molecular flexibility index (Phi) is 9.36. The molecule has 0 aliphatic heterocycles. The summed E-state index contributed by atoms with van der Waals surface area (Å²) >= 11 is 0. The summed E-state index contributed by atoms with van der Waals surface area (Å²) in [4.78, 5) is 56.3. The average Bonchev–Trinajstić information content (AvgIpc) is 3.66. The minimum absolute atomic E-state index is 0.0775. The second-order valence-corrected chi connectivity index (χ2v) is 11.8. The van der Waals surface area contributed by atoms with Crippen molar-refractivity contribution in [3.63, 3.8) is 0 Å². The highest BCUT2D eigenvalue weighted by atomic mass is 16.8. The van der Waals surface area contributed by atoms with Gasteiger partial charge in [-0.2, -0.15) is 0 Å². The van der Waals surface area contributed by atoms with E-state index in [-0.39, 0.29) is 17.5 Å². The Morgan fingerprint density at radius 1 is 0.805 bits per heavy atom. The number of nitrogens with one attached hydrogen (secondary N) is 4. The lowest BCUT2D eigenvalue weighted by Gasteiger charge is -2.27. The minimum Gasteiger partial charge on any atom is -0.443 e. The Hall–Kier alpha value is -4.48. The molecule has 2 aromatic carbocycles. The number of ether oxygens (including phenoxy) is 2. The van der Waals surface area contributed by atoms with Crippen molar-refractivity contribution < 1.29 is 33.5 Å². The van der Waals surface area contributed by atoms with Crippen molar-refractivity contribution in [2.24, 2.45) is 0 Å². The Bertz CT molecular complexity index is 1310. The van der Waals surface area contributed by atoms with Crippen LogP contribution in [0.4, 0.5) is 21.0 Å². The Labute approximate surface area is 240 Å². The molecule has 4 N–H and O–H groups in total.